The largest absolute Gasteiger partial charge is 0.506 e. The van der Waals surface area contributed by atoms with Gasteiger partial charge in [-0.3, -0.25) is 0 Å². The van der Waals surface area contributed by atoms with E-state index in [1.54, 1.807) is 0 Å². The van der Waals surface area contributed by atoms with Gasteiger partial charge in [-0.25, -0.2) is 13.1 Å². The Morgan fingerprint density at radius 1 is 1.38 bits per heavy atom. The number of nitrogens with two attached hydrogens (primary N) is 1. The van der Waals surface area contributed by atoms with Crippen LogP contribution in [0.25, 0.3) is 0 Å². The van der Waals surface area contributed by atoms with E-state index in [1.807, 2.05) is 0 Å². The summed E-state index contributed by atoms with van der Waals surface area (Å²) in [6.45, 7) is 2.12. The summed E-state index contributed by atoms with van der Waals surface area (Å²) in [5.74, 6) is 0.410. The highest BCUT2D eigenvalue weighted by molar-refractivity contribution is 7.89. The van der Waals surface area contributed by atoms with Crippen molar-refractivity contribution in [2.75, 3.05) is 12.3 Å². The van der Waals surface area contributed by atoms with Crippen LogP contribution in [0, 0.1) is 5.92 Å². The molecule has 0 aliphatic heterocycles. The van der Waals surface area contributed by atoms with Crippen LogP contribution in [0.3, 0.4) is 0 Å². The number of aromatic hydroxyl groups is 1. The summed E-state index contributed by atoms with van der Waals surface area (Å²) < 4.78 is 26.8. The van der Waals surface area contributed by atoms with Crippen molar-refractivity contribution in [1.82, 2.24) is 4.72 Å². The predicted molar refractivity (Wildman–Crippen MR) is 80.3 cm³/mol. The minimum atomic E-state index is -3.75. The molecule has 2 rings (SSSR count). The van der Waals surface area contributed by atoms with Gasteiger partial charge in [0.2, 0.25) is 10.0 Å². The molecular formula is C14H22N2O4S. The van der Waals surface area contributed by atoms with E-state index in [-0.39, 0.29) is 22.9 Å². The van der Waals surface area contributed by atoms with Crippen molar-refractivity contribution in [2.24, 2.45) is 5.92 Å². The normalized spacial score (nSPS) is 26.7. The first-order valence-corrected chi connectivity index (χ1v) is 8.51. The maximum absolute atomic E-state index is 12.2. The molecule has 6 nitrogen and oxygen atoms in total. The summed E-state index contributed by atoms with van der Waals surface area (Å²) in [6, 6.07) is 3.71. The van der Waals surface area contributed by atoms with Gasteiger partial charge in [-0.1, -0.05) is 6.92 Å². The molecule has 0 amide bonds. The highest BCUT2D eigenvalue weighted by atomic mass is 32.2. The number of aliphatic hydroxyl groups is 1. The smallest absolute Gasteiger partial charge is 0.240 e. The Morgan fingerprint density at radius 3 is 2.57 bits per heavy atom. The van der Waals surface area contributed by atoms with Gasteiger partial charge >= 0.3 is 0 Å². The van der Waals surface area contributed by atoms with Gasteiger partial charge in [-0.15, -0.1) is 0 Å². The highest BCUT2D eigenvalue weighted by Crippen LogP contribution is 2.31. The summed E-state index contributed by atoms with van der Waals surface area (Å²) >= 11 is 0. The maximum atomic E-state index is 12.2. The Bertz CT molecular complexity index is 607. The van der Waals surface area contributed by atoms with Crippen molar-refractivity contribution in [3.05, 3.63) is 18.2 Å². The highest BCUT2D eigenvalue weighted by Gasteiger charge is 2.33. The van der Waals surface area contributed by atoms with Crippen LogP contribution < -0.4 is 10.5 Å². The molecule has 0 aromatic heterocycles. The quantitative estimate of drug-likeness (QED) is 0.492. The summed E-state index contributed by atoms with van der Waals surface area (Å²) in [5.41, 5.74) is 4.52. The SMILES string of the molecule is CC1CCC(O)(CNS(=O)(=O)c2ccc(O)c(N)c2)CC1. The van der Waals surface area contributed by atoms with E-state index in [0.717, 1.165) is 12.8 Å². The third kappa shape index (κ3) is 3.87. The molecule has 0 atom stereocenters. The molecule has 0 saturated heterocycles. The molecule has 5 N–H and O–H groups in total. The first kappa shape index (κ1) is 16.1. The fourth-order valence-corrected chi connectivity index (χ4v) is 3.64. The van der Waals surface area contributed by atoms with E-state index < -0.39 is 15.6 Å². The second-order valence-corrected chi connectivity index (χ2v) is 7.72. The molecule has 0 spiro atoms. The first-order chi connectivity index (χ1) is 9.72. The molecule has 1 aromatic rings. The molecule has 0 unspecified atom stereocenters. The zero-order valence-corrected chi connectivity index (χ0v) is 12.9. The maximum Gasteiger partial charge on any atom is 0.240 e. The molecule has 0 radical (unpaired) electrons. The predicted octanol–water partition coefficient (Wildman–Crippen LogP) is 1.19. The van der Waals surface area contributed by atoms with Crippen LogP contribution in [0.1, 0.15) is 32.6 Å². The lowest BCUT2D eigenvalue weighted by molar-refractivity contribution is -0.00182. The van der Waals surface area contributed by atoms with Crippen LogP contribution in [-0.4, -0.2) is 30.8 Å². The zero-order chi connectivity index (χ0) is 15.7. The molecule has 1 aromatic carbocycles. The van der Waals surface area contributed by atoms with Crippen LogP contribution in [0.4, 0.5) is 5.69 Å². The third-order valence-corrected chi connectivity index (χ3v) is 5.50. The van der Waals surface area contributed by atoms with Gasteiger partial charge in [0.15, 0.2) is 0 Å². The standard InChI is InChI=1S/C14H22N2O4S/c1-10-4-6-14(18,7-5-10)9-16-21(19,20)11-2-3-13(17)12(15)8-11/h2-3,8,10,16-18H,4-7,9,15H2,1H3. The van der Waals surface area contributed by atoms with Crippen LogP contribution in [-0.2, 0) is 10.0 Å². The number of rotatable bonds is 4. The Hall–Kier alpha value is -1.31. The number of nitrogen functional groups attached to an aromatic ring is 1. The van der Waals surface area contributed by atoms with Gasteiger partial charge < -0.3 is 15.9 Å². The third-order valence-electron chi connectivity index (χ3n) is 4.11. The number of phenols is 1. The number of sulfonamides is 1. The second-order valence-electron chi connectivity index (χ2n) is 5.95. The van der Waals surface area contributed by atoms with Crippen LogP contribution in [0.15, 0.2) is 23.1 Å². The van der Waals surface area contributed by atoms with Crippen molar-refractivity contribution in [3.63, 3.8) is 0 Å². The molecule has 1 aliphatic carbocycles. The lowest BCUT2D eigenvalue weighted by Crippen LogP contribution is -2.45. The molecule has 1 saturated carbocycles. The number of benzene rings is 1. The van der Waals surface area contributed by atoms with Crippen molar-refractivity contribution in [1.29, 1.82) is 0 Å². The summed E-state index contributed by atoms with van der Waals surface area (Å²) in [6.07, 6.45) is 2.97. The topological polar surface area (TPSA) is 113 Å². The molecule has 1 fully saturated rings. The molecule has 0 heterocycles. The monoisotopic (exact) mass is 314 g/mol. The number of hydrogen-bond donors (Lipinski definition) is 4. The van der Waals surface area contributed by atoms with E-state index >= 15 is 0 Å². The van der Waals surface area contributed by atoms with E-state index in [0.29, 0.717) is 18.8 Å². The number of anilines is 1. The Morgan fingerprint density at radius 2 is 2.00 bits per heavy atom. The minimum Gasteiger partial charge on any atom is -0.506 e. The number of hydrogen-bond acceptors (Lipinski definition) is 5. The van der Waals surface area contributed by atoms with Gasteiger partial charge in [0.1, 0.15) is 5.75 Å². The van der Waals surface area contributed by atoms with E-state index in [1.165, 1.54) is 18.2 Å². The molecule has 0 bridgehead atoms. The van der Waals surface area contributed by atoms with Crippen LogP contribution >= 0.6 is 0 Å². The summed E-state index contributed by atoms with van der Waals surface area (Å²) in [4.78, 5) is -0.0226. The van der Waals surface area contributed by atoms with Gasteiger partial charge in [-0.2, -0.15) is 0 Å². The van der Waals surface area contributed by atoms with E-state index in [2.05, 4.69) is 11.6 Å². The van der Waals surface area contributed by atoms with Gasteiger partial charge in [0.05, 0.1) is 16.2 Å². The molecule has 21 heavy (non-hydrogen) atoms. The molecular weight excluding hydrogens is 292 g/mol. The van der Waals surface area contributed by atoms with E-state index in [9.17, 15) is 18.6 Å². The molecule has 1 aliphatic rings. The van der Waals surface area contributed by atoms with Crippen LogP contribution in [0.5, 0.6) is 5.75 Å². The van der Waals surface area contributed by atoms with Crippen molar-refractivity contribution >= 4 is 15.7 Å². The van der Waals surface area contributed by atoms with Gasteiger partial charge in [-0.05, 0) is 49.8 Å². The number of nitrogens with one attached hydrogen (secondary N) is 1. The van der Waals surface area contributed by atoms with Crippen molar-refractivity contribution < 1.29 is 18.6 Å². The fraction of sp³-hybridized carbons (Fsp3) is 0.571. The molecule has 7 heteroatoms. The Kier molecular flexibility index (Phi) is 4.46. The fourth-order valence-electron chi connectivity index (χ4n) is 2.49. The Labute approximate surface area is 125 Å². The Balaban J connectivity index is 2.06. The van der Waals surface area contributed by atoms with Crippen molar-refractivity contribution in [3.8, 4) is 5.75 Å². The zero-order valence-electron chi connectivity index (χ0n) is 12.0. The average Bonchev–Trinajstić information content (AvgIpc) is 2.43. The van der Waals surface area contributed by atoms with E-state index in [4.69, 9.17) is 5.73 Å². The first-order valence-electron chi connectivity index (χ1n) is 7.02. The van der Waals surface area contributed by atoms with Gasteiger partial charge in [0.25, 0.3) is 0 Å². The molecule has 118 valence electrons. The van der Waals surface area contributed by atoms with Crippen LogP contribution in [0.2, 0.25) is 0 Å². The lowest BCUT2D eigenvalue weighted by Gasteiger charge is -2.34. The second kappa shape index (κ2) is 5.82. The summed E-state index contributed by atoms with van der Waals surface area (Å²) in [5, 5.41) is 19.7. The van der Waals surface area contributed by atoms with Gasteiger partial charge in [0, 0.05) is 6.54 Å². The average molecular weight is 314 g/mol. The minimum absolute atomic E-state index is 0.00285. The summed E-state index contributed by atoms with van der Waals surface area (Å²) in [7, 11) is -3.75. The van der Waals surface area contributed by atoms with Crippen molar-refractivity contribution in [2.45, 2.75) is 43.1 Å². The lowest BCUT2D eigenvalue weighted by atomic mass is 9.80. The number of phenolic OH excluding ortho intramolecular Hbond substituents is 1.